The summed E-state index contributed by atoms with van der Waals surface area (Å²) in [5, 5.41) is 2.88. The third-order valence-corrected chi connectivity index (χ3v) is 4.03. The first kappa shape index (κ1) is 15.0. The Morgan fingerprint density at radius 2 is 1.76 bits per heavy atom. The molecule has 6 heteroatoms. The molecule has 0 aliphatic heterocycles. The van der Waals surface area contributed by atoms with E-state index in [4.69, 9.17) is 0 Å². The number of rotatable bonds is 4. The molecule has 3 N–H and O–H groups in total. The van der Waals surface area contributed by atoms with Crippen LogP contribution in [0.1, 0.15) is 16.1 Å². The summed E-state index contributed by atoms with van der Waals surface area (Å²) in [5.41, 5.74) is 3.42. The van der Waals surface area contributed by atoms with Crippen molar-refractivity contribution in [2.45, 2.75) is 6.54 Å². The molecule has 4 aromatic rings. The second kappa shape index (κ2) is 6.16. The molecule has 0 spiro atoms. The van der Waals surface area contributed by atoms with Crippen molar-refractivity contribution in [3.05, 3.63) is 88.6 Å². The Hall–Kier alpha value is -3.54. The van der Waals surface area contributed by atoms with Crippen LogP contribution in [0.2, 0.25) is 0 Å². The second-order valence-corrected chi connectivity index (χ2v) is 5.80. The van der Waals surface area contributed by atoms with Gasteiger partial charge in [0.15, 0.2) is 0 Å². The van der Waals surface area contributed by atoms with E-state index in [0.29, 0.717) is 29.0 Å². The van der Waals surface area contributed by atoms with Gasteiger partial charge in [0.1, 0.15) is 5.69 Å². The van der Waals surface area contributed by atoms with Crippen LogP contribution in [0.4, 0.5) is 5.69 Å². The van der Waals surface area contributed by atoms with E-state index in [1.807, 2.05) is 47.2 Å². The molecule has 124 valence electrons. The Kier molecular flexibility index (Phi) is 3.70. The first-order valence-electron chi connectivity index (χ1n) is 7.91. The summed E-state index contributed by atoms with van der Waals surface area (Å²) < 4.78 is 1.90. The van der Waals surface area contributed by atoms with E-state index in [-0.39, 0.29) is 11.6 Å². The van der Waals surface area contributed by atoms with Crippen molar-refractivity contribution < 1.29 is 4.79 Å². The Bertz CT molecular complexity index is 1090. The number of H-pyrrole nitrogens is 2. The first-order valence-corrected chi connectivity index (χ1v) is 7.91. The van der Waals surface area contributed by atoms with Gasteiger partial charge in [-0.25, -0.2) is 4.79 Å². The van der Waals surface area contributed by atoms with Gasteiger partial charge in [-0.1, -0.05) is 30.3 Å². The third kappa shape index (κ3) is 3.10. The van der Waals surface area contributed by atoms with E-state index in [0.717, 1.165) is 5.56 Å². The van der Waals surface area contributed by atoms with Gasteiger partial charge in [-0.3, -0.25) is 4.79 Å². The summed E-state index contributed by atoms with van der Waals surface area (Å²) in [6.45, 7) is 0.626. The number of fused-ring (bicyclic) bond motifs is 1. The quantitative estimate of drug-likeness (QED) is 0.537. The molecule has 0 unspecified atom stereocenters. The minimum absolute atomic E-state index is 0.196. The van der Waals surface area contributed by atoms with Crippen molar-refractivity contribution in [1.29, 1.82) is 0 Å². The normalized spacial score (nSPS) is 10.9. The summed E-state index contributed by atoms with van der Waals surface area (Å²) in [5.74, 6) is -0.196. The number of amides is 1. The zero-order chi connectivity index (χ0) is 17.2. The van der Waals surface area contributed by atoms with Gasteiger partial charge in [0, 0.05) is 18.4 Å². The molecule has 6 nitrogen and oxygen atoms in total. The molecule has 0 fully saturated rings. The number of anilines is 1. The Balaban J connectivity index is 1.56. The lowest BCUT2D eigenvalue weighted by molar-refractivity contribution is 0.101. The molecule has 25 heavy (non-hydrogen) atoms. The van der Waals surface area contributed by atoms with Crippen molar-refractivity contribution in [3.63, 3.8) is 0 Å². The zero-order valence-corrected chi connectivity index (χ0v) is 13.3. The third-order valence-electron chi connectivity index (χ3n) is 4.03. The monoisotopic (exact) mass is 332 g/mol. The van der Waals surface area contributed by atoms with E-state index in [2.05, 4.69) is 15.3 Å². The highest BCUT2D eigenvalue weighted by Gasteiger charge is 2.12. The maximum atomic E-state index is 12.6. The molecule has 2 aromatic heterocycles. The summed E-state index contributed by atoms with van der Waals surface area (Å²) in [7, 11) is 0. The fraction of sp³-hybridized carbons (Fsp3) is 0.0526. The molecule has 2 heterocycles. The number of hydrogen-bond acceptors (Lipinski definition) is 2. The highest BCUT2D eigenvalue weighted by Crippen LogP contribution is 2.16. The summed E-state index contributed by atoms with van der Waals surface area (Å²) in [6, 6.07) is 18.9. The second-order valence-electron chi connectivity index (χ2n) is 5.80. The number of hydrogen-bond donors (Lipinski definition) is 3. The molecule has 2 aromatic carbocycles. The average Bonchev–Trinajstić information content (AvgIpc) is 3.21. The molecule has 0 saturated heterocycles. The van der Waals surface area contributed by atoms with Crippen LogP contribution in [0.5, 0.6) is 0 Å². The number of carbonyl (C=O) groups excluding carboxylic acids is 1. The number of aromatic nitrogens is 3. The fourth-order valence-electron chi connectivity index (χ4n) is 2.84. The molecule has 1 amide bonds. The van der Waals surface area contributed by atoms with E-state index >= 15 is 0 Å². The van der Waals surface area contributed by atoms with Crippen molar-refractivity contribution in [2.75, 3.05) is 5.32 Å². The van der Waals surface area contributed by atoms with Crippen LogP contribution >= 0.6 is 0 Å². The number of nitrogens with one attached hydrogen (secondary N) is 3. The van der Waals surface area contributed by atoms with Crippen LogP contribution in [0, 0.1) is 0 Å². The Morgan fingerprint density at radius 1 is 0.960 bits per heavy atom. The molecule has 0 saturated carbocycles. The standard InChI is InChI=1S/C19H16N4O2/c24-18(20-14-8-9-15-16(11-14)22-19(25)21-15)17-7-4-10-23(17)12-13-5-2-1-3-6-13/h1-11H,12H2,(H,20,24)(H2,21,22,25). The zero-order valence-electron chi connectivity index (χ0n) is 13.3. The SMILES string of the molecule is O=C(Nc1ccc2[nH]c(=O)[nH]c2c1)c1cccn1Cc1ccccc1. The molecular formula is C19H16N4O2. The van der Waals surface area contributed by atoms with E-state index < -0.39 is 0 Å². The highest BCUT2D eigenvalue weighted by atomic mass is 16.2. The minimum atomic E-state index is -0.268. The number of carbonyl (C=O) groups is 1. The molecule has 0 bridgehead atoms. The molecule has 0 radical (unpaired) electrons. The van der Waals surface area contributed by atoms with Crippen LogP contribution < -0.4 is 11.0 Å². The average molecular weight is 332 g/mol. The Morgan fingerprint density at radius 3 is 2.60 bits per heavy atom. The Labute approximate surface area is 143 Å². The van der Waals surface area contributed by atoms with E-state index in [1.165, 1.54) is 0 Å². The van der Waals surface area contributed by atoms with Crippen molar-refractivity contribution in [3.8, 4) is 0 Å². The largest absolute Gasteiger partial charge is 0.339 e. The number of imidazole rings is 1. The summed E-state index contributed by atoms with van der Waals surface area (Å²) in [6.07, 6.45) is 1.88. The van der Waals surface area contributed by atoms with Gasteiger partial charge >= 0.3 is 5.69 Å². The lowest BCUT2D eigenvalue weighted by Crippen LogP contribution is -2.17. The maximum Gasteiger partial charge on any atom is 0.323 e. The molecule has 0 aliphatic rings. The lowest BCUT2D eigenvalue weighted by atomic mass is 10.2. The number of benzene rings is 2. The number of nitrogens with zero attached hydrogens (tertiary/aromatic N) is 1. The summed E-state index contributed by atoms with van der Waals surface area (Å²) in [4.78, 5) is 29.3. The summed E-state index contributed by atoms with van der Waals surface area (Å²) >= 11 is 0. The van der Waals surface area contributed by atoms with Gasteiger partial charge in [0.25, 0.3) is 5.91 Å². The van der Waals surface area contributed by atoms with E-state index in [1.54, 1.807) is 24.3 Å². The van der Waals surface area contributed by atoms with Gasteiger partial charge in [-0.2, -0.15) is 0 Å². The predicted molar refractivity (Wildman–Crippen MR) is 96.8 cm³/mol. The molecular weight excluding hydrogens is 316 g/mol. The fourth-order valence-corrected chi connectivity index (χ4v) is 2.84. The molecule has 0 atom stereocenters. The number of aromatic amines is 2. The predicted octanol–water partition coefficient (Wildman–Crippen LogP) is 2.96. The van der Waals surface area contributed by atoms with Crippen LogP contribution in [0.3, 0.4) is 0 Å². The van der Waals surface area contributed by atoms with Gasteiger partial charge in [0.05, 0.1) is 11.0 Å². The molecule has 4 rings (SSSR count). The van der Waals surface area contributed by atoms with Crippen molar-refractivity contribution in [2.24, 2.45) is 0 Å². The highest BCUT2D eigenvalue weighted by molar-refractivity contribution is 6.04. The minimum Gasteiger partial charge on any atom is -0.339 e. The first-order chi connectivity index (χ1) is 12.2. The smallest absolute Gasteiger partial charge is 0.323 e. The van der Waals surface area contributed by atoms with Gasteiger partial charge in [0.2, 0.25) is 0 Å². The van der Waals surface area contributed by atoms with Crippen LogP contribution in [0.25, 0.3) is 11.0 Å². The van der Waals surface area contributed by atoms with Crippen LogP contribution in [0.15, 0.2) is 71.7 Å². The van der Waals surface area contributed by atoms with Gasteiger partial charge in [-0.05, 0) is 35.9 Å². The van der Waals surface area contributed by atoms with Crippen LogP contribution in [-0.4, -0.2) is 20.4 Å². The molecule has 0 aliphatic carbocycles. The van der Waals surface area contributed by atoms with Crippen LogP contribution in [-0.2, 0) is 6.54 Å². The maximum absolute atomic E-state index is 12.6. The lowest BCUT2D eigenvalue weighted by Gasteiger charge is -2.10. The topological polar surface area (TPSA) is 82.7 Å². The van der Waals surface area contributed by atoms with Gasteiger partial charge in [-0.15, -0.1) is 0 Å². The van der Waals surface area contributed by atoms with Gasteiger partial charge < -0.3 is 19.9 Å². The van der Waals surface area contributed by atoms with Crippen molar-refractivity contribution in [1.82, 2.24) is 14.5 Å². The van der Waals surface area contributed by atoms with Crippen molar-refractivity contribution >= 4 is 22.6 Å². The van der Waals surface area contributed by atoms with E-state index in [9.17, 15) is 9.59 Å².